The molecule has 0 aliphatic rings. The molecule has 0 radical (unpaired) electrons. The van der Waals surface area contributed by atoms with Crippen LogP contribution < -0.4 is 14.8 Å². The number of rotatable bonds is 11. The highest BCUT2D eigenvalue weighted by atomic mass is 35.5. The normalized spacial score (nSPS) is 11.0. The zero-order valence-corrected chi connectivity index (χ0v) is 21.9. The monoisotopic (exact) mass is 525 g/mol. The van der Waals surface area contributed by atoms with Crippen LogP contribution in [0.4, 0.5) is 0 Å². The molecule has 0 aliphatic heterocycles. The van der Waals surface area contributed by atoms with Crippen molar-refractivity contribution in [3.05, 3.63) is 87.7 Å². The molecule has 188 valence electrons. The first-order valence-corrected chi connectivity index (χ1v) is 12.6. The van der Waals surface area contributed by atoms with Crippen molar-refractivity contribution >= 4 is 40.1 Å². The Hall–Kier alpha value is -3.22. The molecule has 0 aliphatic carbocycles. The number of carbonyl (C=O) groups is 1. The molecule has 4 aromatic rings. The van der Waals surface area contributed by atoms with Crippen LogP contribution in [0.25, 0.3) is 11.0 Å². The number of aryl methyl sites for hydroxylation is 3. The number of para-hydroxylation sites is 2. The molecule has 0 saturated heterocycles. The SMILES string of the molecule is Cc1cc(OCCCn2c(CCNC(=O)COc3ccc(Cl)cc3)nc3ccccc32)cc(C)c1Cl. The van der Waals surface area contributed by atoms with Crippen LogP contribution in [0.1, 0.15) is 23.4 Å². The van der Waals surface area contributed by atoms with Crippen LogP contribution in [0, 0.1) is 13.8 Å². The standard InChI is InChI=1S/C28H29Cl2N3O3/c1-19-16-23(17-20(2)28(19)30)35-15-5-14-33-25-7-4-3-6-24(25)32-26(33)12-13-31-27(34)18-36-22-10-8-21(29)9-11-22/h3-4,6-11,16-17H,5,12-15,18H2,1-2H3,(H,31,34). The number of nitrogens with one attached hydrogen (secondary N) is 1. The number of halogens is 2. The van der Waals surface area contributed by atoms with E-state index in [9.17, 15) is 4.79 Å². The first-order chi connectivity index (χ1) is 17.4. The van der Waals surface area contributed by atoms with Crippen LogP contribution >= 0.6 is 23.2 Å². The quantitative estimate of drug-likeness (QED) is 0.238. The van der Waals surface area contributed by atoms with E-state index in [0.29, 0.717) is 30.3 Å². The number of aromatic nitrogens is 2. The molecule has 1 N–H and O–H groups in total. The van der Waals surface area contributed by atoms with Crippen LogP contribution in [0.2, 0.25) is 10.0 Å². The van der Waals surface area contributed by atoms with Gasteiger partial charge in [-0.2, -0.15) is 0 Å². The molecule has 1 aromatic heterocycles. The lowest BCUT2D eigenvalue weighted by molar-refractivity contribution is -0.123. The van der Waals surface area contributed by atoms with E-state index in [4.69, 9.17) is 37.7 Å². The van der Waals surface area contributed by atoms with Crippen LogP contribution in [0.3, 0.4) is 0 Å². The Kier molecular flexibility index (Phi) is 8.73. The van der Waals surface area contributed by atoms with Gasteiger partial charge in [0.05, 0.1) is 17.6 Å². The molecule has 3 aromatic carbocycles. The number of benzene rings is 3. The number of hydrogen-bond acceptors (Lipinski definition) is 4. The van der Waals surface area contributed by atoms with Gasteiger partial charge in [0.25, 0.3) is 5.91 Å². The summed E-state index contributed by atoms with van der Waals surface area (Å²) in [6.07, 6.45) is 1.42. The van der Waals surface area contributed by atoms with Gasteiger partial charge >= 0.3 is 0 Å². The third-order valence-electron chi connectivity index (χ3n) is 5.79. The van der Waals surface area contributed by atoms with Gasteiger partial charge in [0, 0.05) is 29.6 Å². The Morgan fingerprint density at radius 2 is 1.69 bits per heavy atom. The molecule has 0 bridgehead atoms. The summed E-state index contributed by atoms with van der Waals surface area (Å²) < 4.78 is 13.7. The zero-order chi connectivity index (χ0) is 25.5. The molecule has 0 fully saturated rings. The second-order valence-electron chi connectivity index (χ2n) is 8.58. The van der Waals surface area contributed by atoms with Crippen molar-refractivity contribution < 1.29 is 14.3 Å². The lowest BCUT2D eigenvalue weighted by Gasteiger charge is -2.12. The van der Waals surface area contributed by atoms with Crippen molar-refractivity contribution in [1.29, 1.82) is 0 Å². The van der Waals surface area contributed by atoms with Crippen molar-refractivity contribution in [2.45, 2.75) is 33.2 Å². The van der Waals surface area contributed by atoms with E-state index in [0.717, 1.165) is 51.7 Å². The van der Waals surface area contributed by atoms with Gasteiger partial charge in [-0.25, -0.2) is 4.98 Å². The summed E-state index contributed by atoms with van der Waals surface area (Å²) in [4.78, 5) is 17.0. The fraction of sp³-hybridized carbons (Fsp3) is 0.286. The van der Waals surface area contributed by atoms with Gasteiger partial charge < -0.3 is 19.4 Å². The molecule has 1 heterocycles. The molecule has 4 rings (SSSR count). The minimum Gasteiger partial charge on any atom is -0.494 e. The van der Waals surface area contributed by atoms with E-state index in [1.807, 2.05) is 44.2 Å². The summed E-state index contributed by atoms with van der Waals surface area (Å²) in [5, 5.41) is 4.31. The van der Waals surface area contributed by atoms with Gasteiger partial charge in [-0.3, -0.25) is 4.79 Å². The van der Waals surface area contributed by atoms with Crippen molar-refractivity contribution in [2.24, 2.45) is 0 Å². The van der Waals surface area contributed by atoms with Gasteiger partial charge in [0.15, 0.2) is 6.61 Å². The predicted octanol–water partition coefficient (Wildman–Crippen LogP) is 6.17. The van der Waals surface area contributed by atoms with Gasteiger partial charge in [0.1, 0.15) is 17.3 Å². The van der Waals surface area contributed by atoms with Crippen molar-refractivity contribution in [2.75, 3.05) is 19.8 Å². The van der Waals surface area contributed by atoms with Crippen molar-refractivity contribution in [1.82, 2.24) is 14.9 Å². The average Bonchev–Trinajstić information content (AvgIpc) is 3.22. The average molecular weight is 526 g/mol. The first-order valence-electron chi connectivity index (χ1n) is 11.9. The summed E-state index contributed by atoms with van der Waals surface area (Å²) in [6.45, 7) is 5.70. The van der Waals surface area contributed by atoms with E-state index >= 15 is 0 Å². The summed E-state index contributed by atoms with van der Waals surface area (Å²) in [5.74, 6) is 2.17. The number of imidazole rings is 1. The second-order valence-corrected chi connectivity index (χ2v) is 9.40. The van der Waals surface area contributed by atoms with E-state index in [-0.39, 0.29) is 12.5 Å². The van der Waals surface area contributed by atoms with E-state index in [1.54, 1.807) is 24.3 Å². The van der Waals surface area contributed by atoms with E-state index in [2.05, 4.69) is 16.0 Å². The Morgan fingerprint density at radius 1 is 0.972 bits per heavy atom. The Balaban J connectivity index is 1.30. The van der Waals surface area contributed by atoms with Crippen molar-refractivity contribution in [3.8, 4) is 11.5 Å². The molecule has 8 heteroatoms. The lowest BCUT2D eigenvalue weighted by atomic mass is 10.1. The highest BCUT2D eigenvalue weighted by Crippen LogP contribution is 2.26. The van der Waals surface area contributed by atoms with Crippen LogP contribution in [0.15, 0.2) is 60.7 Å². The van der Waals surface area contributed by atoms with Crippen LogP contribution in [0.5, 0.6) is 11.5 Å². The number of fused-ring (bicyclic) bond motifs is 1. The molecule has 1 amide bonds. The fourth-order valence-corrected chi connectivity index (χ4v) is 4.25. The Bertz CT molecular complexity index is 1310. The second kappa shape index (κ2) is 12.2. The van der Waals surface area contributed by atoms with Crippen LogP contribution in [-0.4, -0.2) is 35.2 Å². The fourth-order valence-electron chi connectivity index (χ4n) is 4.01. The number of hydrogen-bond donors (Lipinski definition) is 1. The van der Waals surface area contributed by atoms with E-state index < -0.39 is 0 Å². The molecular formula is C28H29Cl2N3O3. The molecule has 6 nitrogen and oxygen atoms in total. The molecular weight excluding hydrogens is 497 g/mol. The maximum Gasteiger partial charge on any atom is 0.257 e. The largest absolute Gasteiger partial charge is 0.494 e. The molecule has 0 unspecified atom stereocenters. The summed E-state index contributed by atoms with van der Waals surface area (Å²) >= 11 is 12.1. The minimum absolute atomic E-state index is 0.0565. The van der Waals surface area contributed by atoms with Gasteiger partial charge in [0.2, 0.25) is 0 Å². The van der Waals surface area contributed by atoms with Crippen molar-refractivity contribution in [3.63, 3.8) is 0 Å². The maximum atomic E-state index is 12.2. The van der Waals surface area contributed by atoms with Gasteiger partial charge in [-0.05, 0) is 79.9 Å². The maximum absolute atomic E-state index is 12.2. The smallest absolute Gasteiger partial charge is 0.257 e. The third kappa shape index (κ3) is 6.71. The van der Waals surface area contributed by atoms with E-state index in [1.165, 1.54) is 0 Å². The number of amides is 1. The predicted molar refractivity (Wildman–Crippen MR) is 144 cm³/mol. The molecule has 0 saturated carbocycles. The van der Waals surface area contributed by atoms with Gasteiger partial charge in [-0.1, -0.05) is 35.3 Å². The highest BCUT2D eigenvalue weighted by molar-refractivity contribution is 6.32. The summed E-state index contributed by atoms with van der Waals surface area (Å²) in [5.41, 5.74) is 4.03. The first kappa shape index (κ1) is 25.9. The number of ether oxygens (including phenoxy) is 2. The number of carbonyl (C=O) groups excluding carboxylic acids is 1. The Morgan fingerprint density at radius 3 is 2.44 bits per heavy atom. The lowest BCUT2D eigenvalue weighted by Crippen LogP contribution is -2.31. The minimum atomic E-state index is -0.186. The topological polar surface area (TPSA) is 65.4 Å². The molecule has 0 atom stereocenters. The number of nitrogens with zero attached hydrogens (tertiary/aromatic N) is 2. The molecule has 0 spiro atoms. The van der Waals surface area contributed by atoms with Gasteiger partial charge in [-0.15, -0.1) is 0 Å². The zero-order valence-electron chi connectivity index (χ0n) is 20.4. The highest BCUT2D eigenvalue weighted by Gasteiger charge is 2.12. The Labute approximate surface area is 221 Å². The summed E-state index contributed by atoms with van der Waals surface area (Å²) in [6, 6.07) is 18.9. The third-order valence-corrected chi connectivity index (χ3v) is 6.64. The molecule has 36 heavy (non-hydrogen) atoms. The van der Waals surface area contributed by atoms with Crippen LogP contribution in [-0.2, 0) is 17.8 Å². The summed E-state index contributed by atoms with van der Waals surface area (Å²) in [7, 11) is 0.